The first-order valence-electron chi connectivity index (χ1n) is 4.95. The quantitative estimate of drug-likeness (QED) is 0.793. The Balaban J connectivity index is 2.51. The number of hydrogen-bond donors (Lipinski definition) is 1. The summed E-state index contributed by atoms with van der Waals surface area (Å²) >= 11 is 0. The molecule has 1 aromatic carbocycles. The summed E-state index contributed by atoms with van der Waals surface area (Å²) in [4.78, 5) is 0. The zero-order valence-electron chi connectivity index (χ0n) is 8.76. The fourth-order valence-electron chi connectivity index (χ4n) is 1.47. The van der Waals surface area contributed by atoms with Crippen molar-refractivity contribution in [1.82, 2.24) is 0 Å². The summed E-state index contributed by atoms with van der Waals surface area (Å²) in [7, 11) is 0. The molecule has 0 fully saturated rings. The van der Waals surface area contributed by atoms with Crippen molar-refractivity contribution in [2.45, 2.75) is 13.3 Å². The molecule has 0 aliphatic rings. The van der Waals surface area contributed by atoms with Crippen LogP contribution in [-0.2, 0) is 6.42 Å². The first-order valence-corrected chi connectivity index (χ1v) is 4.95. The van der Waals surface area contributed by atoms with Gasteiger partial charge in [0.2, 0.25) is 0 Å². The molecule has 0 aliphatic carbocycles. The second-order valence-corrected chi connectivity index (χ2v) is 3.47. The van der Waals surface area contributed by atoms with Gasteiger partial charge in [0.25, 0.3) is 0 Å². The van der Waals surface area contributed by atoms with E-state index in [4.69, 9.17) is 10.2 Å². The predicted octanol–water partition coefficient (Wildman–Crippen LogP) is 3.37. The molecular weight excluding hydrogens is 212 g/mol. The molecule has 0 aliphatic heterocycles. The molecule has 2 rings (SSSR count). The largest absolute Gasteiger partial charge is 0.461 e. The summed E-state index contributed by atoms with van der Waals surface area (Å²) in [6.07, 6.45) is 0.721. The van der Waals surface area contributed by atoms with Crippen molar-refractivity contribution in [3.05, 3.63) is 41.7 Å². The van der Waals surface area contributed by atoms with Gasteiger partial charge in [-0.1, -0.05) is 6.92 Å². The number of furan rings is 1. The van der Waals surface area contributed by atoms with E-state index >= 15 is 0 Å². The summed E-state index contributed by atoms with van der Waals surface area (Å²) in [5, 5.41) is 0. The van der Waals surface area contributed by atoms with Crippen LogP contribution in [0.5, 0.6) is 0 Å². The third-order valence-electron chi connectivity index (χ3n) is 2.36. The van der Waals surface area contributed by atoms with Gasteiger partial charge < -0.3 is 10.2 Å². The van der Waals surface area contributed by atoms with E-state index in [1.807, 2.05) is 6.92 Å². The third kappa shape index (κ3) is 1.78. The molecule has 0 spiro atoms. The van der Waals surface area contributed by atoms with E-state index in [0.717, 1.165) is 18.2 Å². The van der Waals surface area contributed by atoms with E-state index in [9.17, 15) is 8.78 Å². The average Bonchev–Trinajstić information content (AvgIpc) is 2.71. The monoisotopic (exact) mass is 223 g/mol. The van der Waals surface area contributed by atoms with E-state index in [-0.39, 0.29) is 11.3 Å². The average molecular weight is 223 g/mol. The molecule has 2 aromatic rings. The highest BCUT2D eigenvalue weighted by Gasteiger charge is 2.12. The summed E-state index contributed by atoms with van der Waals surface area (Å²) in [5.74, 6) is -0.328. The molecule has 4 heteroatoms. The minimum atomic E-state index is -0.761. The fraction of sp³-hybridized carbons (Fsp3) is 0.167. The van der Waals surface area contributed by atoms with Crippen molar-refractivity contribution >= 4 is 5.69 Å². The van der Waals surface area contributed by atoms with Gasteiger partial charge in [-0.15, -0.1) is 0 Å². The van der Waals surface area contributed by atoms with Crippen molar-refractivity contribution in [3.63, 3.8) is 0 Å². The van der Waals surface area contributed by atoms with E-state index in [1.165, 1.54) is 6.07 Å². The highest BCUT2D eigenvalue weighted by Crippen LogP contribution is 2.28. The van der Waals surface area contributed by atoms with Crippen LogP contribution in [0.25, 0.3) is 11.3 Å². The zero-order valence-corrected chi connectivity index (χ0v) is 8.76. The highest BCUT2D eigenvalue weighted by atomic mass is 19.1. The van der Waals surface area contributed by atoms with E-state index in [1.54, 1.807) is 12.1 Å². The van der Waals surface area contributed by atoms with E-state index < -0.39 is 11.6 Å². The lowest BCUT2D eigenvalue weighted by atomic mass is 10.1. The maximum absolute atomic E-state index is 13.5. The van der Waals surface area contributed by atoms with Crippen LogP contribution >= 0.6 is 0 Å². The van der Waals surface area contributed by atoms with Crippen molar-refractivity contribution in [1.29, 1.82) is 0 Å². The van der Waals surface area contributed by atoms with Crippen LogP contribution < -0.4 is 5.73 Å². The molecule has 2 nitrogen and oxygen atoms in total. The molecule has 84 valence electrons. The molecule has 0 bridgehead atoms. The third-order valence-corrected chi connectivity index (χ3v) is 2.36. The lowest BCUT2D eigenvalue weighted by Gasteiger charge is -2.02. The van der Waals surface area contributed by atoms with Crippen LogP contribution in [0.2, 0.25) is 0 Å². The number of benzene rings is 1. The zero-order chi connectivity index (χ0) is 11.7. The predicted molar refractivity (Wildman–Crippen MR) is 57.9 cm³/mol. The Kier molecular flexibility index (Phi) is 2.64. The second kappa shape index (κ2) is 3.96. The summed E-state index contributed by atoms with van der Waals surface area (Å²) in [6, 6.07) is 5.41. The maximum Gasteiger partial charge on any atom is 0.149 e. The molecule has 1 heterocycles. The Morgan fingerprint density at radius 3 is 2.56 bits per heavy atom. The van der Waals surface area contributed by atoms with Gasteiger partial charge >= 0.3 is 0 Å². The SMILES string of the molecule is CCc1ccc(-c2cc(N)c(F)cc2F)o1. The summed E-state index contributed by atoms with van der Waals surface area (Å²) in [6.45, 7) is 1.93. The Labute approximate surface area is 91.7 Å². The number of aryl methyl sites for hydroxylation is 1. The maximum atomic E-state index is 13.5. The lowest BCUT2D eigenvalue weighted by Crippen LogP contribution is -1.93. The van der Waals surface area contributed by atoms with Crippen molar-refractivity contribution < 1.29 is 13.2 Å². The number of halogens is 2. The first-order chi connectivity index (χ1) is 7.61. The molecule has 0 atom stereocenters. The summed E-state index contributed by atoms with van der Waals surface area (Å²) < 4.78 is 31.8. The topological polar surface area (TPSA) is 39.2 Å². The molecule has 2 N–H and O–H groups in total. The van der Waals surface area contributed by atoms with E-state index in [0.29, 0.717) is 5.76 Å². The highest BCUT2D eigenvalue weighted by molar-refractivity contribution is 5.64. The Hall–Kier alpha value is -1.84. The van der Waals surface area contributed by atoms with Gasteiger partial charge in [0.1, 0.15) is 23.2 Å². The van der Waals surface area contributed by atoms with Crippen molar-refractivity contribution in [3.8, 4) is 11.3 Å². The number of hydrogen-bond acceptors (Lipinski definition) is 2. The number of nitrogen functional groups attached to an aromatic ring is 1. The van der Waals surface area contributed by atoms with Gasteiger partial charge in [-0.25, -0.2) is 8.78 Å². The number of anilines is 1. The minimum Gasteiger partial charge on any atom is -0.461 e. The molecule has 1 aromatic heterocycles. The molecule has 0 saturated carbocycles. The van der Waals surface area contributed by atoms with Crippen LogP contribution in [0, 0.1) is 11.6 Å². The van der Waals surface area contributed by atoms with Gasteiger partial charge in [-0.2, -0.15) is 0 Å². The van der Waals surface area contributed by atoms with Crippen LogP contribution in [0.4, 0.5) is 14.5 Å². The number of nitrogens with two attached hydrogens (primary N) is 1. The van der Waals surface area contributed by atoms with Crippen LogP contribution in [0.15, 0.2) is 28.7 Å². The van der Waals surface area contributed by atoms with Gasteiger partial charge in [0.05, 0.1) is 11.3 Å². The Bertz CT molecular complexity index is 520. The van der Waals surface area contributed by atoms with Crippen LogP contribution in [-0.4, -0.2) is 0 Å². The van der Waals surface area contributed by atoms with Gasteiger partial charge in [-0.3, -0.25) is 0 Å². The Morgan fingerprint density at radius 2 is 1.94 bits per heavy atom. The lowest BCUT2D eigenvalue weighted by molar-refractivity contribution is 0.522. The first kappa shape index (κ1) is 10.7. The second-order valence-electron chi connectivity index (χ2n) is 3.47. The molecular formula is C12H11F2NO. The van der Waals surface area contributed by atoms with Crippen molar-refractivity contribution in [2.75, 3.05) is 5.73 Å². The van der Waals surface area contributed by atoms with E-state index in [2.05, 4.69) is 0 Å². The molecule has 16 heavy (non-hydrogen) atoms. The Morgan fingerprint density at radius 1 is 1.19 bits per heavy atom. The van der Waals surface area contributed by atoms with Crippen LogP contribution in [0.3, 0.4) is 0 Å². The minimum absolute atomic E-state index is 0.0918. The smallest absolute Gasteiger partial charge is 0.149 e. The summed E-state index contributed by atoms with van der Waals surface area (Å²) in [5.41, 5.74) is 5.47. The standard InChI is InChI=1S/C12H11F2NO/c1-2-7-3-4-12(16-7)8-5-11(15)10(14)6-9(8)13/h3-6H,2,15H2,1H3. The number of rotatable bonds is 2. The molecule has 0 amide bonds. The van der Waals surface area contributed by atoms with Crippen molar-refractivity contribution in [2.24, 2.45) is 0 Å². The van der Waals surface area contributed by atoms with Crippen LogP contribution in [0.1, 0.15) is 12.7 Å². The molecule has 0 unspecified atom stereocenters. The van der Waals surface area contributed by atoms with Gasteiger partial charge in [0.15, 0.2) is 0 Å². The fourth-order valence-corrected chi connectivity index (χ4v) is 1.47. The normalized spacial score (nSPS) is 10.7. The molecule has 0 saturated heterocycles. The van der Waals surface area contributed by atoms with Gasteiger partial charge in [0, 0.05) is 12.5 Å². The molecule has 0 radical (unpaired) electrons. The van der Waals surface area contributed by atoms with Gasteiger partial charge in [-0.05, 0) is 18.2 Å².